The van der Waals surface area contributed by atoms with E-state index in [1.54, 1.807) is 0 Å². The predicted molar refractivity (Wildman–Crippen MR) is 62.6 cm³/mol. The van der Waals surface area contributed by atoms with Crippen molar-refractivity contribution in [3.63, 3.8) is 0 Å². The van der Waals surface area contributed by atoms with Crippen molar-refractivity contribution in [2.45, 2.75) is 32.4 Å². The Bertz CT molecular complexity index is 264. The fraction of sp³-hybridized carbons (Fsp3) is 0.727. The molecular formula is C11H22N4. The Morgan fingerprint density at radius 1 is 1.53 bits per heavy atom. The molecule has 0 saturated carbocycles. The minimum atomic E-state index is 0.104. The average Bonchev–Trinajstić information content (AvgIpc) is 2.77. The number of rotatable bonds is 6. The van der Waals surface area contributed by atoms with Gasteiger partial charge in [-0.15, -0.1) is 0 Å². The Morgan fingerprint density at radius 3 is 2.73 bits per heavy atom. The van der Waals surface area contributed by atoms with E-state index >= 15 is 0 Å². The lowest BCUT2D eigenvalue weighted by Crippen LogP contribution is -2.50. The third kappa shape index (κ3) is 3.04. The Kier molecular flexibility index (Phi) is 4.29. The molecule has 2 N–H and O–H groups in total. The van der Waals surface area contributed by atoms with Crippen LogP contribution in [0.15, 0.2) is 18.5 Å². The Morgan fingerprint density at radius 2 is 2.27 bits per heavy atom. The molecule has 4 nitrogen and oxygen atoms in total. The van der Waals surface area contributed by atoms with Gasteiger partial charge in [0.25, 0.3) is 0 Å². The van der Waals surface area contributed by atoms with Gasteiger partial charge >= 0.3 is 0 Å². The van der Waals surface area contributed by atoms with Crippen LogP contribution < -0.4 is 5.73 Å². The lowest BCUT2D eigenvalue weighted by Gasteiger charge is -2.37. The molecule has 1 atom stereocenters. The quantitative estimate of drug-likeness (QED) is 0.760. The molecule has 1 unspecified atom stereocenters. The number of hydrogen-bond donors (Lipinski definition) is 1. The second-order valence-electron chi connectivity index (χ2n) is 4.25. The fourth-order valence-corrected chi connectivity index (χ4v) is 1.53. The van der Waals surface area contributed by atoms with Crippen LogP contribution in [0.3, 0.4) is 0 Å². The summed E-state index contributed by atoms with van der Waals surface area (Å²) in [7, 11) is 2.12. The van der Waals surface area contributed by atoms with Crippen LogP contribution in [-0.4, -0.2) is 40.4 Å². The lowest BCUT2D eigenvalue weighted by atomic mass is 9.97. The van der Waals surface area contributed by atoms with Gasteiger partial charge in [-0.2, -0.15) is 5.10 Å². The largest absolute Gasteiger partial charge is 0.329 e. The van der Waals surface area contributed by atoms with E-state index in [0.29, 0.717) is 6.54 Å². The number of nitrogens with zero attached hydrogens (tertiary/aromatic N) is 3. The standard InChI is InChI=1S/C11H22N4/c1-4-11(2,10-12)14(3)8-9-15-7-5-6-13-15/h5-7H,4,8-10,12H2,1-3H3. The zero-order valence-electron chi connectivity index (χ0n) is 9.98. The van der Waals surface area contributed by atoms with E-state index in [0.717, 1.165) is 19.5 Å². The lowest BCUT2D eigenvalue weighted by molar-refractivity contribution is 0.133. The van der Waals surface area contributed by atoms with Crippen LogP contribution in [-0.2, 0) is 6.54 Å². The zero-order chi connectivity index (χ0) is 11.3. The molecule has 86 valence electrons. The van der Waals surface area contributed by atoms with Gasteiger partial charge in [-0.1, -0.05) is 6.92 Å². The molecule has 1 rings (SSSR count). The van der Waals surface area contributed by atoms with Gasteiger partial charge in [0.05, 0.1) is 6.54 Å². The number of hydrogen-bond acceptors (Lipinski definition) is 3. The molecule has 0 saturated heterocycles. The minimum absolute atomic E-state index is 0.104. The van der Waals surface area contributed by atoms with E-state index in [4.69, 9.17) is 5.73 Å². The maximum atomic E-state index is 5.80. The van der Waals surface area contributed by atoms with Gasteiger partial charge in [-0.05, 0) is 26.5 Å². The molecule has 0 amide bonds. The SMILES string of the molecule is CCC(C)(CN)N(C)CCn1cccn1. The molecule has 1 aromatic heterocycles. The second-order valence-corrected chi connectivity index (χ2v) is 4.25. The smallest absolute Gasteiger partial charge is 0.0536 e. The summed E-state index contributed by atoms with van der Waals surface area (Å²) in [5.74, 6) is 0. The summed E-state index contributed by atoms with van der Waals surface area (Å²) in [5.41, 5.74) is 5.91. The van der Waals surface area contributed by atoms with E-state index in [1.807, 2.05) is 23.1 Å². The molecule has 0 aliphatic heterocycles. The summed E-state index contributed by atoms with van der Waals surface area (Å²) in [6.45, 7) is 6.97. The topological polar surface area (TPSA) is 47.1 Å². The maximum Gasteiger partial charge on any atom is 0.0536 e. The second kappa shape index (κ2) is 5.28. The monoisotopic (exact) mass is 210 g/mol. The maximum absolute atomic E-state index is 5.80. The van der Waals surface area contributed by atoms with Gasteiger partial charge in [0, 0.05) is 31.0 Å². The number of aromatic nitrogens is 2. The van der Waals surface area contributed by atoms with E-state index in [9.17, 15) is 0 Å². The number of likely N-dealkylation sites (N-methyl/N-ethyl adjacent to an activating group) is 1. The predicted octanol–water partition coefficient (Wildman–Crippen LogP) is 0.942. The third-order valence-electron chi connectivity index (χ3n) is 3.35. The van der Waals surface area contributed by atoms with Crippen LogP contribution >= 0.6 is 0 Å². The Balaban J connectivity index is 2.44. The average molecular weight is 210 g/mol. The van der Waals surface area contributed by atoms with Crippen molar-refractivity contribution in [1.29, 1.82) is 0 Å². The van der Waals surface area contributed by atoms with Crippen molar-refractivity contribution in [2.24, 2.45) is 5.73 Å². The summed E-state index contributed by atoms with van der Waals surface area (Å²) >= 11 is 0. The fourth-order valence-electron chi connectivity index (χ4n) is 1.53. The van der Waals surface area contributed by atoms with Crippen LogP contribution in [0.2, 0.25) is 0 Å². The highest BCUT2D eigenvalue weighted by atomic mass is 15.3. The summed E-state index contributed by atoms with van der Waals surface area (Å²) < 4.78 is 1.95. The summed E-state index contributed by atoms with van der Waals surface area (Å²) in [4.78, 5) is 2.31. The molecular weight excluding hydrogens is 188 g/mol. The molecule has 0 aliphatic rings. The molecule has 0 spiro atoms. The number of nitrogens with two attached hydrogens (primary N) is 1. The molecule has 1 heterocycles. The zero-order valence-corrected chi connectivity index (χ0v) is 9.98. The Labute approximate surface area is 92.1 Å². The van der Waals surface area contributed by atoms with Gasteiger partial charge < -0.3 is 5.73 Å². The van der Waals surface area contributed by atoms with E-state index in [1.165, 1.54) is 0 Å². The van der Waals surface area contributed by atoms with Crippen molar-refractivity contribution in [1.82, 2.24) is 14.7 Å². The molecule has 0 radical (unpaired) electrons. The van der Waals surface area contributed by atoms with Crippen LogP contribution in [0, 0.1) is 0 Å². The van der Waals surface area contributed by atoms with Crippen LogP contribution in [0.25, 0.3) is 0 Å². The molecule has 0 fully saturated rings. The first-order valence-corrected chi connectivity index (χ1v) is 5.51. The van der Waals surface area contributed by atoms with Gasteiger partial charge in [0.15, 0.2) is 0 Å². The minimum Gasteiger partial charge on any atom is -0.329 e. The van der Waals surface area contributed by atoms with Crippen molar-refractivity contribution >= 4 is 0 Å². The van der Waals surface area contributed by atoms with Crippen LogP contribution in [0.5, 0.6) is 0 Å². The van der Waals surface area contributed by atoms with Crippen molar-refractivity contribution in [2.75, 3.05) is 20.1 Å². The van der Waals surface area contributed by atoms with Crippen LogP contribution in [0.4, 0.5) is 0 Å². The highest BCUT2D eigenvalue weighted by Crippen LogP contribution is 2.15. The molecule has 1 aromatic rings. The highest BCUT2D eigenvalue weighted by molar-refractivity contribution is 4.84. The third-order valence-corrected chi connectivity index (χ3v) is 3.35. The highest BCUT2D eigenvalue weighted by Gasteiger charge is 2.24. The molecule has 0 bridgehead atoms. The summed E-state index contributed by atoms with van der Waals surface area (Å²) in [6, 6.07) is 1.95. The van der Waals surface area contributed by atoms with Gasteiger partial charge in [0.2, 0.25) is 0 Å². The first-order chi connectivity index (χ1) is 7.12. The first-order valence-electron chi connectivity index (χ1n) is 5.51. The molecule has 4 heteroatoms. The van der Waals surface area contributed by atoms with Crippen LogP contribution in [0.1, 0.15) is 20.3 Å². The van der Waals surface area contributed by atoms with E-state index in [2.05, 4.69) is 30.9 Å². The summed E-state index contributed by atoms with van der Waals surface area (Å²) in [5, 5.41) is 4.18. The van der Waals surface area contributed by atoms with Gasteiger partial charge in [-0.3, -0.25) is 9.58 Å². The molecule has 0 aromatic carbocycles. The van der Waals surface area contributed by atoms with Crippen molar-refractivity contribution in [3.8, 4) is 0 Å². The normalized spacial score (nSPS) is 15.5. The first kappa shape index (κ1) is 12.2. The van der Waals surface area contributed by atoms with Crippen molar-refractivity contribution < 1.29 is 0 Å². The molecule has 15 heavy (non-hydrogen) atoms. The summed E-state index contributed by atoms with van der Waals surface area (Å²) in [6.07, 6.45) is 4.86. The van der Waals surface area contributed by atoms with Crippen molar-refractivity contribution in [3.05, 3.63) is 18.5 Å². The van der Waals surface area contributed by atoms with Gasteiger partial charge in [-0.25, -0.2) is 0 Å². The van der Waals surface area contributed by atoms with Gasteiger partial charge in [0.1, 0.15) is 0 Å². The molecule has 0 aliphatic carbocycles. The van der Waals surface area contributed by atoms with E-state index in [-0.39, 0.29) is 5.54 Å². The van der Waals surface area contributed by atoms with E-state index < -0.39 is 0 Å². The Hall–Kier alpha value is -0.870.